The van der Waals surface area contributed by atoms with E-state index in [-0.39, 0.29) is 35.2 Å². The number of benzene rings is 1. The number of aliphatic hydroxyl groups is 1. The topological polar surface area (TPSA) is 100 Å². The number of carbonyl (C=O) groups is 3. The Labute approximate surface area is 184 Å². The molecule has 9 heteroatoms. The number of hydrogen-bond donors (Lipinski definition) is 3. The minimum absolute atomic E-state index is 0.0195. The summed E-state index contributed by atoms with van der Waals surface area (Å²) in [6, 6.07) is 4.19. The predicted octanol–water partition coefficient (Wildman–Crippen LogP) is 3.10. The van der Waals surface area contributed by atoms with Gasteiger partial charge in [-0.1, -0.05) is 25.4 Å². The second-order valence-corrected chi connectivity index (χ2v) is 8.87. The summed E-state index contributed by atoms with van der Waals surface area (Å²) >= 11 is 6.44. The van der Waals surface area contributed by atoms with Crippen molar-refractivity contribution in [1.82, 2.24) is 9.88 Å². The number of halogens is 2. The van der Waals surface area contributed by atoms with E-state index in [1.165, 1.54) is 18.2 Å². The van der Waals surface area contributed by atoms with Gasteiger partial charge in [-0.3, -0.25) is 14.4 Å². The van der Waals surface area contributed by atoms with Crippen molar-refractivity contribution in [1.29, 1.82) is 0 Å². The van der Waals surface area contributed by atoms with E-state index in [0.29, 0.717) is 36.3 Å². The predicted molar refractivity (Wildman–Crippen MR) is 115 cm³/mol. The number of nitrogens with one attached hydrogen (secondary N) is 2. The van der Waals surface area contributed by atoms with Crippen LogP contribution in [0.2, 0.25) is 5.02 Å². The van der Waals surface area contributed by atoms with Gasteiger partial charge < -0.3 is 20.3 Å². The van der Waals surface area contributed by atoms with Gasteiger partial charge >= 0.3 is 0 Å². The first kappa shape index (κ1) is 23.0. The Morgan fingerprint density at radius 2 is 2.00 bits per heavy atom. The van der Waals surface area contributed by atoms with Crippen molar-refractivity contribution in [3.8, 4) is 0 Å². The number of Topliss-reactive ketones (excluding diaryl/α,β-unsaturated/α-hetero) is 1. The summed E-state index contributed by atoms with van der Waals surface area (Å²) in [5.74, 6) is -2.60. The first-order valence-corrected chi connectivity index (χ1v) is 10.4. The monoisotopic (exact) mass is 449 g/mol. The number of nitrogens with zero attached hydrogens (tertiary/aromatic N) is 1. The zero-order valence-corrected chi connectivity index (χ0v) is 18.4. The molecule has 2 amide bonds. The van der Waals surface area contributed by atoms with E-state index in [1.807, 2.05) is 0 Å². The van der Waals surface area contributed by atoms with Crippen LogP contribution < -0.4 is 10.6 Å². The molecule has 0 radical (unpaired) electrons. The van der Waals surface area contributed by atoms with E-state index in [9.17, 15) is 23.9 Å². The van der Waals surface area contributed by atoms with Gasteiger partial charge in [0.05, 0.1) is 10.6 Å². The van der Waals surface area contributed by atoms with Crippen LogP contribution in [-0.2, 0) is 17.8 Å². The molecule has 1 aliphatic heterocycles. The van der Waals surface area contributed by atoms with Crippen molar-refractivity contribution in [3.05, 3.63) is 51.6 Å². The minimum atomic E-state index is -0.850. The second-order valence-electron chi connectivity index (χ2n) is 8.49. The largest absolute Gasteiger partial charge is 0.396 e. The highest BCUT2D eigenvalue weighted by Gasteiger charge is 2.34. The summed E-state index contributed by atoms with van der Waals surface area (Å²) in [5, 5.41) is 14.5. The second kappa shape index (κ2) is 8.80. The average molecular weight is 450 g/mol. The fourth-order valence-electron chi connectivity index (χ4n) is 3.48. The molecule has 0 saturated heterocycles. The quantitative estimate of drug-likeness (QED) is 0.446. The maximum atomic E-state index is 13.5. The number of hydrogen-bond acceptors (Lipinski definition) is 4. The first-order chi connectivity index (χ1) is 14.6. The van der Waals surface area contributed by atoms with E-state index in [2.05, 4.69) is 10.6 Å². The molecule has 3 N–H and O–H groups in total. The van der Waals surface area contributed by atoms with Crippen LogP contribution in [0.1, 0.15) is 52.4 Å². The number of aromatic nitrogens is 1. The Balaban J connectivity index is 1.88. The molecule has 0 aliphatic carbocycles. The standard InChI is InChI=1S/C22H25ClFN3O4/c1-12-9-13(6-7-14(12)24)26-20(30)16-15-5-4-8-27(15)18(17(16)23)19(29)21(31)25-10-22(2,3)11-28/h6-7,9,28H,4-5,8,10-11H2,1-3H3,(H,25,31)(H,26,30). The zero-order chi connectivity index (χ0) is 22.9. The highest BCUT2D eigenvalue weighted by molar-refractivity contribution is 6.48. The first-order valence-electron chi connectivity index (χ1n) is 9.97. The third kappa shape index (κ3) is 4.65. The summed E-state index contributed by atoms with van der Waals surface area (Å²) in [7, 11) is 0. The summed E-state index contributed by atoms with van der Waals surface area (Å²) in [6.07, 6.45) is 1.25. The van der Waals surface area contributed by atoms with Crippen molar-refractivity contribution in [2.45, 2.75) is 40.2 Å². The highest BCUT2D eigenvalue weighted by Crippen LogP contribution is 2.34. The third-order valence-corrected chi connectivity index (χ3v) is 5.69. The summed E-state index contributed by atoms with van der Waals surface area (Å²) < 4.78 is 15.1. The molecular weight excluding hydrogens is 425 g/mol. The molecular formula is C22H25ClFN3O4. The lowest BCUT2D eigenvalue weighted by atomic mass is 9.95. The van der Waals surface area contributed by atoms with Crippen LogP contribution >= 0.6 is 11.6 Å². The van der Waals surface area contributed by atoms with Crippen molar-refractivity contribution in [2.75, 3.05) is 18.5 Å². The Morgan fingerprint density at radius 1 is 1.29 bits per heavy atom. The molecule has 1 aromatic carbocycles. The smallest absolute Gasteiger partial charge is 0.294 e. The molecule has 1 aliphatic rings. The maximum absolute atomic E-state index is 13.5. The summed E-state index contributed by atoms with van der Waals surface area (Å²) in [5.41, 5.74) is 0.910. The Hall–Kier alpha value is -2.71. The van der Waals surface area contributed by atoms with E-state index in [4.69, 9.17) is 11.6 Å². The van der Waals surface area contributed by atoms with Crippen molar-refractivity contribution in [3.63, 3.8) is 0 Å². The molecule has 0 spiro atoms. The third-order valence-electron chi connectivity index (χ3n) is 5.33. The van der Waals surface area contributed by atoms with Gasteiger partial charge in [-0.05, 0) is 43.5 Å². The molecule has 0 saturated carbocycles. The van der Waals surface area contributed by atoms with Crippen LogP contribution in [0.15, 0.2) is 18.2 Å². The molecule has 0 fully saturated rings. The Bertz CT molecular complexity index is 1060. The van der Waals surface area contributed by atoms with Crippen molar-refractivity contribution >= 4 is 34.9 Å². The van der Waals surface area contributed by atoms with Crippen molar-refractivity contribution in [2.24, 2.45) is 5.41 Å². The molecule has 2 aromatic rings. The minimum Gasteiger partial charge on any atom is -0.396 e. The Kier molecular flexibility index (Phi) is 6.52. The van der Waals surface area contributed by atoms with Gasteiger partial charge in [-0.15, -0.1) is 0 Å². The van der Waals surface area contributed by atoms with Gasteiger partial charge in [-0.25, -0.2) is 4.39 Å². The van der Waals surface area contributed by atoms with E-state index >= 15 is 0 Å². The van der Waals surface area contributed by atoms with Gasteiger partial charge in [0.1, 0.15) is 11.5 Å². The fraction of sp³-hybridized carbons (Fsp3) is 0.409. The summed E-state index contributed by atoms with van der Waals surface area (Å²) in [6.45, 7) is 5.50. The number of aliphatic hydroxyl groups excluding tert-OH is 1. The van der Waals surface area contributed by atoms with Crippen LogP contribution in [0.5, 0.6) is 0 Å². The van der Waals surface area contributed by atoms with Crippen LogP contribution in [-0.4, -0.2) is 40.4 Å². The van der Waals surface area contributed by atoms with E-state index < -0.39 is 23.0 Å². The number of amides is 2. The van der Waals surface area contributed by atoms with Crippen LogP contribution in [0.25, 0.3) is 0 Å². The molecule has 7 nitrogen and oxygen atoms in total. The lowest BCUT2D eigenvalue weighted by molar-refractivity contribution is -0.117. The van der Waals surface area contributed by atoms with E-state index in [1.54, 1.807) is 25.3 Å². The molecule has 0 bridgehead atoms. The molecule has 166 valence electrons. The number of rotatable bonds is 7. The molecule has 1 aromatic heterocycles. The lowest BCUT2D eigenvalue weighted by Crippen LogP contribution is -2.40. The Morgan fingerprint density at radius 3 is 2.65 bits per heavy atom. The number of carbonyl (C=O) groups excluding carboxylic acids is 3. The fourth-order valence-corrected chi connectivity index (χ4v) is 3.86. The normalized spacial score (nSPS) is 13.1. The van der Waals surface area contributed by atoms with Crippen molar-refractivity contribution < 1.29 is 23.9 Å². The molecule has 0 unspecified atom stereocenters. The number of fused-ring (bicyclic) bond motifs is 1. The molecule has 3 rings (SSSR count). The highest BCUT2D eigenvalue weighted by atomic mass is 35.5. The summed E-state index contributed by atoms with van der Waals surface area (Å²) in [4.78, 5) is 38.3. The molecule has 31 heavy (non-hydrogen) atoms. The maximum Gasteiger partial charge on any atom is 0.294 e. The number of anilines is 1. The van der Waals surface area contributed by atoms with Gasteiger partial charge in [0.25, 0.3) is 17.6 Å². The van der Waals surface area contributed by atoms with Crippen LogP contribution in [0.3, 0.4) is 0 Å². The van der Waals surface area contributed by atoms with Gasteiger partial charge in [0, 0.05) is 36.5 Å². The SMILES string of the molecule is Cc1cc(NC(=O)c2c(Cl)c(C(=O)C(=O)NCC(C)(C)CO)n3c2CCC3)ccc1F. The van der Waals surface area contributed by atoms with Gasteiger partial charge in [0.2, 0.25) is 0 Å². The van der Waals surface area contributed by atoms with Crippen LogP contribution in [0, 0.1) is 18.2 Å². The lowest BCUT2D eigenvalue weighted by Gasteiger charge is -2.21. The average Bonchev–Trinajstić information content (AvgIpc) is 3.27. The number of ketones is 1. The van der Waals surface area contributed by atoms with E-state index in [0.717, 1.165) is 0 Å². The number of aryl methyl sites for hydroxylation is 1. The van der Waals surface area contributed by atoms with Crippen LogP contribution in [0.4, 0.5) is 10.1 Å². The van der Waals surface area contributed by atoms with Gasteiger partial charge in [0.15, 0.2) is 0 Å². The zero-order valence-electron chi connectivity index (χ0n) is 17.6. The molecule has 2 heterocycles. The van der Waals surface area contributed by atoms with Gasteiger partial charge in [-0.2, -0.15) is 0 Å². The molecule has 0 atom stereocenters.